The monoisotopic (exact) mass is 309 g/mol. The lowest BCUT2D eigenvalue weighted by Gasteiger charge is -2.11. The van der Waals surface area contributed by atoms with Gasteiger partial charge >= 0.3 is 0 Å². The maximum atomic E-state index is 6.15. The van der Waals surface area contributed by atoms with E-state index in [9.17, 15) is 0 Å². The van der Waals surface area contributed by atoms with Crippen molar-refractivity contribution in [2.45, 2.75) is 19.8 Å². The topological polar surface area (TPSA) is 37.0 Å². The molecule has 20 heavy (non-hydrogen) atoms. The van der Waals surface area contributed by atoms with Crippen LogP contribution in [0.2, 0.25) is 10.0 Å². The number of rotatable bonds is 5. The number of nitrogens with one attached hydrogen (secondary N) is 2. The lowest BCUT2D eigenvalue weighted by atomic mass is 10.1. The fraction of sp³-hybridized carbons (Fsp3) is 0.267. The minimum Gasteiger partial charge on any atom is -0.372 e. The van der Waals surface area contributed by atoms with Gasteiger partial charge in [-0.25, -0.2) is 4.98 Å². The molecule has 0 aliphatic carbocycles. The summed E-state index contributed by atoms with van der Waals surface area (Å²) in [6.45, 7) is 2.17. The lowest BCUT2D eigenvalue weighted by molar-refractivity contribution is 0.922. The zero-order valence-corrected chi connectivity index (χ0v) is 13.0. The van der Waals surface area contributed by atoms with Crippen molar-refractivity contribution in [2.75, 3.05) is 17.7 Å². The highest BCUT2D eigenvalue weighted by molar-refractivity contribution is 6.37. The van der Waals surface area contributed by atoms with E-state index in [2.05, 4.69) is 34.7 Å². The van der Waals surface area contributed by atoms with Crippen LogP contribution in [0.5, 0.6) is 0 Å². The summed E-state index contributed by atoms with van der Waals surface area (Å²) >= 11 is 12.2. The van der Waals surface area contributed by atoms with Crippen LogP contribution in [-0.4, -0.2) is 12.0 Å². The van der Waals surface area contributed by atoms with E-state index >= 15 is 0 Å². The number of aromatic nitrogens is 1. The Hall–Kier alpha value is -1.45. The average molecular weight is 310 g/mol. The van der Waals surface area contributed by atoms with E-state index < -0.39 is 0 Å². The van der Waals surface area contributed by atoms with Crippen LogP contribution in [0.25, 0.3) is 0 Å². The maximum Gasteiger partial charge on any atom is 0.151 e. The van der Waals surface area contributed by atoms with Gasteiger partial charge in [0.15, 0.2) is 5.82 Å². The molecule has 0 atom stereocenters. The Morgan fingerprint density at radius 3 is 2.30 bits per heavy atom. The van der Waals surface area contributed by atoms with Gasteiger partial charge in [-0.1, -0.05) is 48.7 Å². The van der Waals surface area contributed by atoms with Crippen molar-refractivity contribution < 1.29 is 0 Å². The van der Waals surface area contributed by atoms with Gasteiger partial charge in [-0.05, 0) is 30.2 Å². The Morgan fingerprint density at radius 2 is 1.70 bits per heavy atom. The molecule has 1 heterocycles. The van der Waals surface area contributed by atoms with Gasteiger partial charge in [0, 0.05) is 12.7 Å². The first-order valence-corrected chi connectivity index (χ1v) is 7.29. The van der Waals surface area contributed by atoms with Gasteiger partial charge in [0.2, 0.25) is 0 Å². The van der Waals surface area contributed by atoms with Gasteiger partial charge in [-0.15, -0.1) is 0 Å². The summed E-state index contributed by atoms with van der Waals surface area (Å²) in [4.78, 5) is 4.36. The highest BCUT2D eigenvalue weighted by Crippen LogP contribution is 2.30. The molecule has 5 heteroatoms. The number of hydrogen-bond acceptors (Lipinski definition) is 3. The van der Waals surface area contributed by atoms with Crippen LogP contribution in [0.15, 0.2) is 30.3 Å². The van der Waals surface area contributed by atoms with Crippen LogP contribution in [-0.2, 0) is 6.42 Å². The number of benzene rings is 1. The molecular weight excluding hydrogens is 293 g/mol. The molecule has 1 aromatic heterocycles. The third kappa shape index (κ3) is 3.56. The molecule has 0 aliphatic heterocycles. The van der Waals surface area contributed by atoms with Gasteiger partial charge in [-0.3, -0.25) is 0 Å². The first kappa shape index (κ1) is 14.9. The van der Waals surface area contributed by atoms with Crippen molar-refractivity contribution in [3.05, 3.63) is 45.9 Å². The number of aryl methyl sites for hydroxylation is 1. The second kappa shape index (κ2) is 6.82. The Labute approximate surface area is 129 Å². The van der Waals surface area contributed by atoms with Crippen molar-refractivity contribution in [3.8, 4) is 0 Å². The second-order valence-corrected chi connectivity index (χ2v) is 5.29. The smallest absolute Gasteiger partial charge is 0.151 e. The molecule has 0 aliphatic rings. The van der Waals surface area contributed by atoms with Crippen molar-refractivity contribution in [1.29, 1.82) is 0 Å². The van der Waals surface area contributed by atoms with E-state index in [0.717, 1.165) is 18.5 Å². The van der Waals surface area contributed by atoms with Gasteiger partial charge in [0.05, 0.1) is 10.0 Å². The fourth-order valence-corrected chi connectivity index (χ4v) is 2.41. The summed E-state index contributed by atoms with van der Waals surface area (Å²) in [6.07, 6.45) is 2.23. The Balaban J connectivity index is 2.21. The van der Waals surface area contributed by atoms with Crippen LogP contribution >= 0.6 is 23.2 Å². The summed E-state index contributed by atoms with van der Waals surface area (Å²) in [7, 11) is 1.77. The number of anilines is 3. The summed E-state index contributed by atoms with van der Waals surface area (Å²) in [5.74, 6) is 1.19. The second-order valence-electron chi connectivity index (χ2n) is 4.47. The van der Waals surface area contributed by atoms with Crippen LogP contribution in [0.3, 0.4) is 0 Å². The predicted octanol–water partition coefficient (Wildman–Crippen LogP) is 5.13. The SMILES string of the molecule is CCCc1ccc(Nc2nc(NC)c(Cl)cc2Cl)cc1. The number of nitrogens with zero attached hydrogens (tertiary/aromatic N) is 1. The van der Waals surface area contributed by atoms with Gasteiger partial charge in [-0.2, -0.15) is 0 Å². The molecule has 2 N–H and O–H groups in total. The molecule has 0 saturated heterocycles. The lowest BCUT2D eigenvalue weighted by Crippen LogP contribution is -1.99. The third-order valence-corrected chi connectivity index (χ3v) is 3.50. The number of halogens is 2. The quantitative estimate of drug-likeness (QED) is 0.804. The van der Waals surface area contributed by atoms with Crippen molar-refractivity contribution >= 4 is 40.5 Å². The van der Waals surface area contributed by atoms with E-state index in [0.29, 0.717) is 21.7 Å². The normalized spacial score (nSPS) is 10.4. The third-order valence-electron chi connectivity index (χ3n) is 2.92. The molecule has 106 valence electrons. The van der Waals surface area contributed by atoms with Crippen molar-refractivity contribution in [2.24, 2.45) is 0 Å². The summed E-state index contributed by atoms with van der Waals surface area (Å²) in [5, 5.41) is 7.13. The molecule has 0 saturated carbocycles. The van der Waals surface area contributed by atoms with Crippen LogP contribution in [0.4, 0.5) is 17.3 Å². The van der Waals surface area contributed by atoms with E-state index in [1.54, 1.807) is 13.1 Å². The molecule has 0 unspecified atom stereocenters. The zero-order valence-electron chi connectivity index (χ0n) is 11.5. The Kier molecular flexibility index (Phi) is 5.10. The molecule has 2 rings (SSSR count). The molecule has 2 aromatic rings. The largest absolute Gasteiger partial charge is 0.372 e. The molecule has 0 radical (unpaired) electrons. The molecule has 3 nitrogen and oxygen atoms in total. The van der Waals surface area contributed by atoms with Crippen LogP contribution < -0.4 is 10.6 Å². The van der Waals surface area contributed by atoms with Crippen LogP contribution in [0, 0.1) is 0 Å². The van der Waals surface area contributed by atoms with Crippen molar-refractivity contribution in [3.63, 3.8) is 0 Å². The van der Waals surface area contributed by atoms with E-state index in [1.807, 2.05) is 12.1 Å². The van der Waals surface area contributed by atoms with Gasteiger partial charge in [0.1, 0.15) is 5.82 Å². The summed E-state index contributed by atoms with van der Waals surface area (Å²) in [5.41, 5.74) is 2.27. The van der Waals surface area contributed by atoms with E-state index in [-0.39, 0.29) is 0 Å². The standard InChI is InChI=1S/C15H17Cl2N3/c1-3-4-10-5-7-11(8-6-10)19-15-13(17)9-12(16)14(18-2)20-15/h5-9H,3-4H2,1-2H3,(H2,18,19,20). The number of pyridine rings is 1. The van der Waals surface area contributed by atoms with Crippen molar-refractivity contribution in [1.82, 2.24) is 4.98 Å². The van der Waals surface area contributed by atoms with E-state index in [1.165, 1.54) is 5.56 Å². The molecular formula is C15H17Cl2N3. The average Bonchev–Trinajstić information content (AvgIpc) is 2.44. The summed E-state index contributed by atoms with van der Waals surface area (Å²) in [6, 6.07) is 9.94. The molecule has 0 fully saturated rings. The highest BCUT2D eigenvalue weighted by Gasteiger charge is 2.08. The molecule has 1 aromatic carbocycles. The first-order chi connectivity index (χ1) is 9.63. The van der Waals surface area contributed by atoms with Crippen LogP contribution in [0.1, 0.15) is 18.9 Å². The minimum absolute atomic E-state index is 0.492. The summed E-state index contributed by atoms with van der Waals surface area (Å²) < 4.78 is 0. The first-order valence-electron chi connectivity index (χ1n) is 6.53. The maximum absolute atomic E-state index is 6.15. The zero-order chi connectivity index (χ0) is 14.5. The highest BCUT2D eigenvalue weighted by atomic mass is 35.5. The Bertz CT molecular complexity index is 582. The van der Waals surface area contributed by atoms with E-state index in [4.69, 9.17) is 23.2 Å². The fourth-order valence-electron chi connectivity index (χ4n) is 1.91. The molecule has 0 bridgehead atoms. The molecule has 0 amide bonds. The minimum atomic E-state index is 0.492. The Morgan fingerprint density at radius 1 is 1.05 bits per heavy atom. The number of hydrogen-bond donors (Lipinski definition) is 2. The molecule has 0 spiro atoms. The van der Waals surface area contributed by atoms with Gasteiger partial charge in [0.25, 0.3) is 0 Å². The predicted molar refractivity (Wildman–Crippen MR) is 87.5 cm³/mol. The van der Waals surface area contributed by atoms with Gasteiger partial charge < -0.3 is 10.6 Å².